The highest BCUT2D eigenvalue weighted by Gasteiger charge is 2.57. The van der Waals surface area contributed by atoms with E-state index in [1.54, 1.807) is 32.1 Å². The Morgan fingerprint density at radius 1 is 0.920 bits per heavy atom. The van der Waals surface area contributed by atoms with Gasteiger partial charge in [-0.05, 0) is 104 Å². The molecule has 0 aromatic heterocycles. The standard InChI is InChI=1S/C22H37B.C2H6/c1-14-4-6-17-16(12-14)5-7-19-18(17)10-11-22(3)20(15(2)13-23)8-9-21(19)22;1-2/h14-21H,4-13H2,1-3H3;1-2H3. The molecular weight excluding hydrogens is 299 g/mol. The molecule has 0 amide bonds. The Morgan fingerprint density at radius 3 is 2.36 bits per heavy atom. The maximum absolute atomic E-state index is 6.06. The van der Waals surface area contributed by atoms with Gasteiger partial charge in [-0.1, -0.05) is 47.4 Å². The molecule has 4 aliphatic rings. The molecule has 9 atom stereocenters. The molecule has 25 heavy (non-hydrogen) atoms. The lowest BCUT2D eigenvalue weighted by Crippen LogP contribution is -2.49. The minimum absolute atomic E-state index is 0.620. The summed E-state index contributed by atoms with van der Waals surface area (Å²) in [6.07, 6.45) is 14.6. The van der Waals surface area contributed by atoms with Crippen LogP contribution in [0.5, 0.6) is 0 Å². The number of fused-ring (bicyclic) bond motifs is 5. The predicted molar refractivity (Wildman–Crippen MR) is 111 cm³/mol. The van der Waals surface area contributed by atoms with Gasteiger partial charge in [-0.3, -0.25) is 0 Å². The molecule has 0 aromatic carbocycles. The number of hydrogen-bond acceptors (Lipinski definition) is 0. The predicted octanol–water partition coefficient (Wildman–Crippen LogP) is 7.14. The average molecular weight is 342 g/mol. The van der Waals surface area contributed by atoms with Crippen molar-refractivity contribution in [3.8, 4) is 0 Å². The Hall–Kier alpha value is 0.0649. The van der Waals surface area contributed by atoms with Gasteiger partial charge in [0.25, 0.3) is 0 Å². The number of rotatable bonds is 2. The zero-order valence-corrected chi connectivity index (χ0v) is 17.8. The van der Waals surface area contributed by atoms with Crippen LogP contribution in [-0.2, 0) is 0 Å². The van der Waals surface area contributed by atoms with Crippen molar-refractivity contribution in [2.75, 3.05) is 0 Å². The first kappa shape index (κ1) is 19.8. The zero-order chi connectivity index (χ0) is 18.2. The van der Waals surface area contributed by atoms with E-state index in [-0.39, 0.29) is 0 Å². The van der Waals surface area contributed by atoms with Crippen molar-refractivity contribution in [2.24, 2.45) is 52.8 Å². The summed E-state index contributed by atoms with van der Waals surface area (Å²) in [6, 6.07) is 0. The summed E-state index contributed by atoms with van der Waals surface area (Å²) < 4.78 is 0. The molecular formula is C24H43B. The van der Waals surface area contributed by atoms with Crippen LogP contribution in [0, 0.1) is 52.8 Å². The van der Waals surface area contributed by atoms with E-state index in [2.05, 4.69) is 20.8 Å². The lowest BCUT2D eigenvalue weighted by atomic mass is 9.48. The van der Waals surface area contributed by atoms with Gasteiger partial charge in [-0.25, -0.2) is 0 Å². The summed E-state index contributed by atoms with van der Waals surface area (Å²) in [5.41, 5.74) is 0.620. The lowest BCUT2D eigenvalue weighted by Gasteiger charge is -2.56. The van der Waals surface area contributed by atoms with E-state index in [1.807, 2.05) is 13.8 Å². The normalized spacial score (nSPS) is 49.9. The summed E-state index contributed by atoms with van der Waals surface area (Å²) in [6.45, 7) is 11.6. The molecule has 0 heterocycles. The summed E-state index contributed by atoms with van der Waals surface area (Å²) >= 11 is 0. The third-order valence-electron chi connectivity index (χ3n) is 9.35. The SMILES string of the molecule is CC.[B]CC(C)C1CCC2C3CCC4CC(C)CCC4C3CCC12C. The second-order valence-electron chi connectivity index (χ2n) is 10.3. The molecule has 0 saturated heterocycles. The quantitative estimate of drug-likeness (QED) is 0.468. The van der Waals surface area contributed by atoms with Gasteiger partial charge < -0.3 is 0 Å². The Kier molecular flexibility index (Phi) is 6.32. The van der Waals surface area contributed by atoms with Crippen LogP contribution in [0.1, 0.15) is 92.4 Å². The third-order valence-corrected chi connectivity index (χ3v) is 9.35. The smallest absolute Gasteiger partial charge is 0.0656 e. The Balaban J connectivity index is 0.000000880. The lowest BCUT2D eigenvalue weighted by molar-refractivity contribution is -0.0719. The fourth-order valence-electron chi connectivity index (χ4n) is 8.23. The van der Waals surface area contributed by atoms with Gasteiger partial charge in [0, 0.05) is 0 Å². The van der Waals surface area contributed by atoms with Gasteiger partial charge >= 0.3 is 0 Å². The van der Waals surface area contributed by atoms with E-state index in [0.717, 1.165) is 53.7 Å². The van der Waals surface area contributed by atoms with Crippen molar-refractivity contribution >= 4 is 7.85 Å². The molecule has 142 valence electrons. The van der Waals surface area contributed by atoms with E-state index in [1.165, 1.54) is 25.7 Å². The van der Waals surface area contributed by atoms with E-state index in [4.69, 9.17) is 7.85 Å². The summed E-state index contributed by atoms with van der Waals surface area (Å²) in [4.78, 5) is 0. The van der Waals surface area contributed by atoms with Crippen LogP contribution in [0.25, 0.3) is 0 Å². The largest absolute Gasteiger partial charge is 0.0859 e. The highest BCUT2D eigenvalue weighted by molar-refractivity contribution is 6.08. The zero-order valence-electron chi connectivity index (χ0n) is 17.8. The first-order chi connectivity index (χ1) is 12.0. The van der Waals surface area contributed by atoms with Gasteiger partial charge in [-0.2, -0.15) is 0 Å². The molecule has 2 radical (unpaired) electrons. The van der Waals surface area contributed by atoms with E-state index >= 15 is 0 Å². The maximum Gasteiger partial charge on any atom is 0.0656 e. The van der Waals surface area contributed by atoms with Crippen LogP contribution in [0.3, 0.4) is 0 Å². The second kappa shape index (κ2) is 7.98. The molecule has 1 heteroatoms. The first-order valence-corrected chi connectivity index (χ1v) is 11.7. The molecule has 0 spiro atoms. The van der Waals surface area contributed by atoms with Crippen molar-refractivity contribution in [2.45, 2.75) is 98.7 Å². The second-order valence-corrected chi connectivity index (χ2v) is 10.3. The van der Waals surface area contributed by atoms with Gasteiger partial charge in [0.2, 0.25) is 0 Å². The average Bonchev–Trinajstić information content (AvgIpc) is 2.99. The number of hydrogen-bond donors (Lipinski definition) is 0. The summed E-state index contributed by atoms with van der Waals surface area (Å²) in [5, 5.41) is 0. The van der Waals surface area contributed by atoms with E-state index in [0.29, 0.717) is 5.41 Å². The van der Waals surface area contributed by atoms with Crippen LogP contribution in [-0.4, -0.2) is 7.85 Å². The summed E-state index contributed by atoms with van der Waals surface area (Å²) in [5.74, 6) is 8.01. The molecule has 4 aliphatic carbocycles. The summed E-state index contributed by atoms with van der Waals surface area (Å²) in [7, 11) is 6.06. The Bertz CT molecular complexity index is 432. The van der Waals surface area contributed by atoms with Crippen LogP contribution in [0.15, 0.2) is 0 Å². The van der Waals surface area contributed by atoms with Crippen LogP contribution in [0.4, 0.5) is 0 Å². The molecule has 0 N–H and O–H groups in total. The van der Waals surface area contributed by atoms with Crippen molar-refractivity contribution in [3.05, 3.63) is 0 Å². The Labute approximate surface area is 159 Å². The molecule has 0 nitrogen and oxygen atoms in total. The maximum atomic E-state index is 6.06. The third kappa shape index (κ3) is 3.36. The van der Waals surface area contributed by atoms with Gasteiger partial charge in [0.1, 0.15) is 0 Å². The van der Waals surface area contributed by atoms with Crippen molar-refractivity contribution in [1.29, 1.82) is 0 Å². The van der Waals surface area contributed by atoms with Gasteiger partial charge in [0.15, 0.2) is 0 Å². The van der Waals surface area contributed by atoms with Crippen molar-refractivity contribution < 1.29 is 0 Å². The highest BCUT2D eigenvalue weighted by atomic mass is 14.6. The highest BCUT2D eigenvalue weighted by Crippen LogP contribution is 2.65. The van der Waals surface area contributed by atoms with Crippen molar-refractivity contribution in [1.82, 2.24) is 0 Å². The Morgan fingerprint density at radius 2 is 1.64 bits per heavy atom. The van der Waals surface area contributed by atoms with E-state index < -0.39 is 0 Å². The minimum Gasteiger partial charge on any atom is -0.0859 e. The minimum atomic E-state index is 0.620. The molecule has 4 fully saturated rings. The molecule has 0 aliphatic heterocycles. The first-order valence-electron chi connectivity index (χ1n) is 11.7. The van der Waals surface area contributed by atoms with Crippen LogP contribution in [0.2, 0.25) is 6.32 Å². The topological polar surface area (TPSA) is 0 Å². The van der Waals surface area contributed by atoms with Crippen molar-refractivity contribution in [3.63, 3.8) is 0 Å². The van der Waals surface area contributed by atoms with Crippen LogP contribution < -0.4 is 0 Å². The van der Waals surface area contributed by atoms with Gasteiger partial charge in [0.05, 0.1) is 7.85 Å². The molecule has 0 bridgehead atoms. The van der Waals surface area contributed by atoms with Crippen LogP contribution >= 0.6 is 0 Å². The fraction of sp³-hybridized carbons (Fsp3) is 1.00. The van der Waals surface area contributed by atoms with Gasteiger partial charge in [-0.15, -0.1) is 0 Å². The fourth-order valence-corrected chi connectivity index (χ4v) is 8.23. The van der Waals surface area contributed by atoms with E-state index in [9.17, 15) is 0 Å². The monoisotopic (exact) mass is 342 g/mol. The molecule has 0 aromatic rings. The molecule has 9 unspecified atom stereocenters. The molecule has 4 saturated carbocycles. The molecule has 4 rings (SSSR count).